The summed E-state index contributed by atoms with van der Waals surface area (Å²) in [5, 5.41) is 11.9. The van der Waals surface area contributed by atoms with Crippen molar-refractivity contribution in [1.29, 1.82) is 5.26 Å². The zero-order valence-corrected chi connectivity index (χ0v) is 12.3. The van der Waals surface area contributed by atoms with Crippen molar-refractivity contribution in [3.05, 3.63) is 29.6 Å². The molecule has 4 nitrogen and oxygen atoms in total. The SMILES string of the molecule is CCN(CC(=O)NC(C)(C)C)c1cccc(F)c1C#N. The first kappa shape index (κ1) is 16.0. The van der Waals surface area contributed by atoms with Gasteiger partial charge in [0.05, 0.1) is 12.2 Å². The van der Waals surface area contributed by atoms with Crippen LogP contribution in [-0.2, 0) is 4.79 Å². The van der Waals surface area contributed by atoms with E-state index in [9.17, 15) is 9.18 Å². The Kier molecular flexibility index (Phi) is 5.09. The summed E-state index contributed by atoms with van der Waals surface area (Å²) in [4.78, 5) is 13.6. The molecule has 0 aliphatic rings. The van der Waals surface area contributed by atoms with Gasteiger partial charge in [0.15, 0.2) is 0 Å². The third-order valence-electron chi connectivity index (χ3n) is 2.67. The molecule has 0 aliphatic carbocycles. The lowest BCUT2D eigenvalue weighted by Crippen LogP contribution is -2.46. The number of carbonyl (C=O) groups excluding carboxylic acids is 1. The summed E-state index contributed by atoms with van der Waals surface area (Å²) >= 11 is 0. The van der Waals surface area contributed by atoms with Crippen LogP contribution in [0.2, 0.25) is 0 Å². The largest absolute Gasteiger partial charge is 0.361 e. The maximum Gasteiger partial charge on any atom is 0.239 e. The zero-order valence-electron chi connectivity index (χ0n) is 12.3. The van der Waals surface area contributed by atoms with Crippen molar-refractivity contribution >= 4 is 11.6 Å². The molecule has 0 saturated carbocycles. The number of nitrogens with one attached hydrogen (secondary N) is 1. The van der Waals surface area contributed by atoms with Gasteiger partial charge < -0.3 is 10.2 Å². The molecule has 1 amide bonds. The Morgan fingerprint density at radius 3 is 2.60 bits per heavy atom. The van der Waals surface area contributed by atoms with Gasteiger partial charge in [-0.25, -0.2) is 4.39 Å². The number of likely N-dealkylation sites (N-methyl/N-ethyl adjacent to an activating group) is 1. The van der Waals surface area contributed by atoms with Crippen molar-refractivity contribution in [2.75, 3.05) is 18.0 Å². The summed E-state index contributed by atoms with van der Waals surface area (Å²) < 4.78 is 13.6. The van der Waals surface area contributed by atoms with Crippen LogP contribution in [-0.4, -0.2) is 24.5 Å². The van der Waals surface area contributed by atoms with Crippen LogP contribution in [0.15, 0.2) is 18.2 Å². The van der Waals surface area contributed by atoms with Gasteiger partial charge in [-0.3, -0.25) is 4.79 Å². The summed E-state index contributed by atoms with van der Waals surface area (Å²) in [7, 11) is 0. The Hall–Kier alpha value is -2.09. The van der Waals surface area contributed by atoms with E-state index in [1.807, 2.05) is 33.8 Å². The second-order valence-corrected chi connectivity index (χ2v) is 5.56. The van der Waals surface area contributed by atoms with Crippen LogP contribution >= 0.6 is 0 Å². The molecule has 0 aliphatic heterocycles. The first-order valence-electron chi connectivity index (χ1n) is 6.53. The molecule has 0 aromatic heterocycles. The number of hydrogen-bond acceptors (Lipinski definition) is 3. The minimum atomic E-state index is -0.570. The van der Waals surface area contributed by atoms with Crippen LogP contribution in [0, 0.1) is 17.1 Å². The molecule has 1 N–H and O–H groups in total. The number of carbonyl (C=O) groups is 1. The van der Waals surface area contributed by atoms with E-state index in [2.05, 4.69) is 5.32 Å². The van der Waals surface area contributed by atoms with E-state index >= 15 is 0 Å². The van der Waals surface area contributed by atoms with Gasteiger partial charge in [-0.2, -0.15) is 5.26 Å². The first-order valence-corrected chi connectivity index (χ1v) is 6.53. The van der Waals surface area contributed by atoms with Gasteiger partial charge >= 0.3 is 0 Å². The van der Waals surface area contributed by atoms with Crippen molar-refractivity contribution in [3.8, 4) is 6.07 Å². The highest BCUT2D eigenvalue weighted by atomic mass is 19.1. The molecular weight excluding hydrogens is 257 g/mol. The predicted octanol–water partition coefficient (Wildman–Crippen LogP) is 2.44. The number of nitriles is 1. The van der Waals surface area contributed by atoms with Crippen LogP contribution in [0.5, 0.6) is 0 Å². The third-order valence-corrected chi connectivity index (χ3v) is 2.67. The predicted molar refractivity (Wildman–Crippen MR) is 76.9 cm³/mol. The molecule has 20 heavy (non-hydrogen) atoms. The molecule has 0 fully saturated rings. The number of benzene rings is 1. The Morgan fingerprint density at radius 1 is 1.45 bits per heavy atom. The highest BCUT2D eigenvalue weighted by Gasteiger charge is 2.19. The summed E-state index contributed by atoms with van der Waals surface area (Å²) in [6, 6.07) is 6.28. The molecular formula is C15H20FN3O. The topological polar surface area (TPSA) is 56.1 Å². The number of halogens is 1. The van der Waals surface area contributed by atoms with E-state index in [0.29, 0.717) is 12.2 Å². The minimum absolute atomic E-state index is 0.0297. The van der Waals surface area contributed by atoms with Gasteiger partial charge in [-0.1, -0.05) is 6.07 Å². The van der Waals surface area contributed by atoms with Crippen molar-refractivity contribution in [2.45, 2.75) is 33.2 Å². The van der Waals surface area contributed by atoms with Gasteiger partial charge in [0.2, 0.25) is 5.91 Å². The fourth-order valence-electron chi connectivity index (χ4n) is 1.89. The molecule has 0 saturated heterocycles. The monoisotopic (exact) mass is 277 g/mol. The second kappa shape index (κ2) is 6.38. The Balaban J connectivity index is 2.96. The first-order chi connectivity index (χ1) is 9.28. The number of nitrogens with zero attached hydrogens (tertiary/aromatic N) is 2. The lowest BCUT2D eigenvalue weighted by atomic mass is 10.1. The van der Waals surface area contributed by atoms with E-state index < -0.39 is 5.82 Å². The summed E-state index contributed by atoms with van der Waals surface area (Å²) in [5.74, 6) is -0.729. The van der Waals surface area contributed by atoms with E-state index in [-0.39, 0.29) is 23.6 Å². The van der Waals surface area contributed by atoms with E-state index in [1.165, 1.54) is 12.1 Å². The molecule has 0 bridgehead atoms. The molecule has 1 rings (SSSR count). The molecule has 0 radical (unpaired) electrons. The molecule has 0 atom stereocenters. The van der Waals surface area contributed by atoms with Crippen LogP contribution < -0.4 is 10.2 Å². The minimum Gasteiger partial charge on any atom is -0.361 e. The summed E-state index contributed by atoms with van der Waals surface area (Å²) in [6.07, 6.45) is 0. The summed E-state index contributed by atoms with van der Waals surface area (Å²) in [6.45, 7) is 8.14. The van der Waals surface area contributed by atoms with Crippen LogP contribution in [0.25, 0.3) is 0 Å². The molecule has 108 valence electrons. The Morgan fingerprint density at radius 2 is 2.10 bits per heavy atom. The molecule has 5 heteroatoms. The van der Waals surface area contributed by atoms with Gasteiger partial charge in [0, 0.05) is 12.1 Å². The normalized spacial score (nSPS) is 10.8. The maximum absolute atomic E-state index is 13.6. The molecule has 0 spiro atoms. The Labute approximate surface area is 119 Å². The van der Waals surface area contributed by atoms with Gasteiger partial charge in [-0.15, -0.1) is 0 Å². The van der Waals surface area contributed by atoms with Gasteiger partial charge in [-0.05, 0) is 39.8 Å². The molecule has 0 unspecified atom stereocenters. The lowest BCUT2D eigenvalue weighted by molar-refractivity contribution is -0.121. The van der Waals surface area contributed by atoms with E-state index in [0.717, 1.165) is 0 Å². The van der Waals surface area contributed by atoms with Gasteiger partial charge in [0.1, 0.15) is 17.4 Å². The van der Waals surface area contributed by atoms with Crippen molar-refractivity contribution in [2.24, 2.45) is 0 Å². The molecule has 0 heterocycles. The fraction of sp³-hybridized carbons (Fsp3) is 0.467. The van der Waals surface area contributed by atoms with Crippen LogP contribution in [0.1, 0.15) is 33.3 Å². The third kappa shape index (κ3) is 4.23. The van der Waals surface area contributed by atoms with Crippen molar-refractivity contribution in [3.63, 3.8) is 0 Å². The van der Waals surface area contributed by atoms with Crippen molar-refractivity contribution in [1.82, 2.24) is 5.32 Å². The number of rotatable bonds is 4. The number of hydrogen-bond donors (Lipinski definition) is 1. The van der Waals surface area contributed by atoms with Gasteiger partial charge in [0.25, 0.3) is 0 Å². The smallest absolute Gasteiger partial charge is 0.239 e. The number of anilines is 1. The highest BCUT2D eigenvalue weighted by Crippen LogP contribution is 2.22. The van der Waals surface area contributed by atoms with Crippen LogP contribution in [0.3, 0.4) is 0 Å². The van der Waals surface area contributed by atoms with E-state index in [1.54, 1.807) is 11.0 Å². The second-order valence-electron chi connectivity index (χ2n) is 5.56. The highest BCUT2D eigenvalue weighted by molar-refractivity contribution is 5.82. The number of amides is 1. The average molecular weight is 277 g/mol. The standard InChI is InChI=1S/C15H20FN3O/c1-5-19(10-14(20)18-15(2,3)4)13-8-6-7-12(16)11(13)9-17/h6-8H,5,10H2,1-4H3,(H,18,20). The van der Waals surface area contributed by atoms with Crippen molar-refractivity contribution < 1.29 is 9.18 Å². The average Bonchev–Trinajstić information content (AvgIpc) is 2.33. The Bertz CT molecular complexity index is 529. The molecule has 1 aromatic rings. The molecule has 1 aromatic carbocycles. The fourth-order valence-corrected chi connectivity index (χ4v) is 1.89. The zero-order chi connectivity index (χ0) is 15.3. The lowest BCUT2D eigenvalue weighted by Gasteiger charge is -2.27. The van der Waals surface area contributed by atoms with Crippen LogP contribution in [0.4, 0.5) is 10.1 Å². The van der Waals surface area contributed by atoms with E-state index in [4.69, 9.17) is 5.26 Å². The maximum atomic E-state index is 13.6. The summed E-state index contributed by atoms with van der Waals surface area (Å²) in [5.41, 5.74) is 0.0909. The quantitative estimate of drug-likeness (QED) is 0.919.